The molecule has 1 amide bonds. The highest BCUT2D eigenvalue weighted by atomic mass is 16.5. The van der Waals surface area contributed by atoms with Crippen molar-refractivity contribution in [2.24, 2.45) is 0 Å². The standard InChI is InChI=1S/C23H32N2O3/c1-4-23(26)25-20-12-9-18(10-13-20)7-5-15-24-16-6-8-19-11-14-21(27-2)22(17-19)28-3/h9-14,17,24H,4-8,15-16H2,1-3H3,(H,25,26). The fourth-order valence-electron chi connectivity index (χ4n) is 3.00. The molecule has 0 saturated carbocycles. The molecule has 0 heterocycles. The molecule has 0 unspecified atom stereocenters. The number of amides is 1. The molecule has 2 N–H and O–H groups in total. The lowest BCUT2D eigenvalue weighted by molar-refractivity contribution is -0.115. The number of carbonyl (C=O) groups excluding carboxylic acids is 1. The molecule has 0 spiro atoms. The average molecular weight is 385 g/mol. The van der Waals surface area contributed by atoms with E-state index in [1.54, 1.807) is 14.2 Å². The van der Waals surface area contributed by atoms with Crippen LogP contribution in [0.15, 0.2) is 42.5 Å². The highest BCUT2D eigenvalue weighted by Crippen LogP contribution is 2.27. The number of rotatable bonds is 12. The quantitative estimate of drug-likeness (QED) is 0.538. The van der Waals surface area contributed by atoms with Crippen molar-refractivity contribution in [1.29, 1.82) is 0 Å². The first-order chi connectivity index (χ1) is 13.7. The summed E-state index contributed by atoms with van der Waals surface area (Å²) in [5, 5.41) is 6.38. The van der Waals surface area contributed by atoms with E-state index in [1.807, 2.05) is 31.2 Å². The van der Waals surface area contributed by atoms with Crippen molar-refractivity contribution in [3.05, 3.63) is 53.6 Å². The van der Waals surface area contributed by atoms with Gasteiger partial charge in [0.2, 0.25) is 5.91 Å². The Morgan fingerprint density at radius 2 is 1.46 bits per heavy atom. The largest absolute Gasteiger partial charge is 0.493 e. The van der Waals surface area contributed by atoms with Gasteiger partial charge in [0.25, 0.3) is 0 Å². The summed E-state index contributed by atoms with van der Waals surface area (Å²) in [5.74, 6) is 1.60. The summed E-state index contributed by atoms with van der Waals surface area (Å²) in [5.41, 5.74) is 3.42. The van der Waals surface area contributed by atoms with Gasteiger partial charge in [-0.15, -0.1) is 0 Å². The summed E-state index contributed by atoms with van der Waals surface area (Å²) in [4.78, 5) is 11.4. The lowest BCUT2D eigenvalue weighted by atomic mass is 10.1. The van der Waals surface area contributed by atoms with Crippen LogP contribution in [0.4, 0.5) is 5.69 Å². The molecule has 0 aliphatic carbocycles. The molecular formula is C23H32N2O3. The lowest BCUT2D eigenvalue weighted by Crippen LogP contribution is -2.17. The van der Waals surface area contributed by atoms with E-state index in [1.165, 1.54) is 11.1 Å². The summed E-state index contributed by atoms with van der Waals surface area (Å²) in [6.45, 7) is 3.85. The van der Waals surface area contributed by atoms with E-state index < -0.39 is 0 Å². The molecular weight excluding hydrogens is 352 g/mol. The molecule has 0 saturated heterocycles. The second-order valence-electron chi connectivity index (χ2n) is 6.75. The molecule has 0 aliphatic heterocycles. The highest BCUT2D eigenvalue weighted by Gasteiger charge is 2.04. The Morgan fingerprint density at radius 3 is 2.07 bits per heavy atom. The predicted molar refractivity (Wildman–Crippen MR) is 114 cm³/mol. The number of aryl methyl sites for hydroxylation is 2. The van der Waals surface area contributed by atoms with Crippen LogP contribution in [-0.4, -0.2) is 33.2 Å². The first-order valence-electron chi connectivity index (χ1n) is 9.96. The van der Waals surface area contributed by atoms with Gasteiger partial charge < -0.3 is 20.1 Å². The van der Waals surface area contributed by atoms with Crippen molar-refractivity contribution < 1.29 is 14.3 Å². The highest BCUT2D eigenvalue weighted by molar-refractivity contribution is 5.90. The summed E-state index contributed by atoms with van der Waals surface area (Å²) in [7, 11) is 3.32. The molecule has 5 heteroatoms. The molecule has 0 aliphatic rings. The number of carbonyl (C=O) groups is 1. The van der Waals surface area contributed by atoms with Gasteiger partial charge in [0.15, 0.2) is 11.5 Å². The van der Waals surface area contributed by atoms with Crippen molar-refractivity contribution >= 4 is 11.6 Å². The molecule has 0 aromatic heterocycles. The fraction of sp³-hybridized carbons (Fsp3) is 0.435. The monoisotopic (exact) mass is 384 g/mol. The topological polar surface area (TPSA) is 59.6 Å². The van der Waals surface area contributed by atoms with Crippen molar-refractivity contribution in [2.75, 3.05) is 32.6 Å². The summed E-state index contributed by atoms with van der Waals surface area (Å²) in [6.07, 6.45) is 4.72. The first kappa shape index (κ1) is 21.8. The first-order valence-corrected chi connectivity index (χ1v) is 9.96. The minimum absolute atomic E-state index is 0.0463. The number of hydrogen-bond acceptors (Lipinski definition) is 4. The van der Waals surface area contributed by atoms with E-state index >= 15 is 0 Å². The van der Waals surface area contributed by atoms with E-state index in [0.29, 0.717) is 6.42 Å². The number of hydrogen-bond donors (Lipinski definition) is 2. The zero-order valence-corrected chi connectivity index (χ0v) is 17.2. The fourth-order valence-corrected chi connectivity index (χ4v) is 3.00. The average Bonchev–Trinajstić information content (AvgIpc) is 2.73. The Bertz CT molecular complexity index is 729. The maximum Gasteiger partial charge on any atom is 0.224 e. The van der Waals surface area contributed by atoms with E-state index in [4.69, 9.17) is 9.47 Å². The summed E-state index contributed by atoms with van der Waals surface area (Å²) in [6, 6.07) is 14.2. The third-order valence-electron chi connectivity index (χ3n) is 4.64. The van der Waals surface area contributed by atoms with Crippen LogP contribution in [0, 0.1) is 0 Å². The van der Waals surface area contributed by atoms with Gasteiger partial charge in [-0.25, -0.2) is 0 Å². The van der Waals surface area contributed by atoms with Crippen LogP contribution in [0.3, 0.4) is 0 Å². The summed E-state index contributed by atoms with van der Waals surface area (Å²) >= 11 is 0. The van der Waals surface area contributed by atoms with E-state index in [-0.39, 0.29) is 5.91 Å². The second kappa shape index (κ2) is 12.0. The molecule has 28 heavy (non-hydrogen) atoms. The van der Waals surface area contributed by atoms with Crippen molar-refractivity contribution in [2.45, 2.75) is 39.0 Å². The minimum Gasteiger partial charge on any atom is -0.493 e. The molecule has 0 atom stereocenters. The third-order valence-corrected chi connectivity index (χ3v) is 4.64. The van der Waals surface area contributed by atoms with Gasteiger partial charge in [-0.3, -0.25) is 4.79 Å². The zero-order valence-electron chi connectivity index (χ0n) is 17.2. The molecule has 5 nitrogen and oxygen atoms in total. The van der Waals surface area contributed by atoms with Crippen LogP contribution in [0.25, 0.3) is 0 Å². The predicted octanol–water partition coefficient (Wildman–Crippen LogP) is 4.21. The van der Waals surface area contributed by atoms with Crippen LogP contribution in [0.5, 0.6) is 11.5 Å². The SMILES string of the molecule is CCC(=O)Nc1ccc(CCCNCCCc2ccc(OC)c(OC)c2)cc1. The number of ether oxygens (including phenoxy) is 2. The Morgan fingerprint density at radius 1 is 0.857 bits per heavy atom. The van der Waals surface area contributed by atoms with Crippen molar-refractivity contribution in [3.8, 4) is 11.5 Å². The summed E-state index contributed by atoms with van der Waals surface area (Å²) < 4.78 is 10.6. The van der Waals surface area contributed by atoms with Gasteiger partial charge in [-0.1, -0.05) is 25.1 Å². The normalized spacial score (nSPS) is 10.5. The smallest absolute Gasteiger partial charge is 0.224 e. The maximum absolute atomic E-state index is 11.4. The van der Waals surface area contributed by atoms with Gasteiger partial charge in [-0.2, -0.15) is 0 Å². The van der Waals surface area contributed by atoms with Crippen molar-refractivity contribution in [3.63, 3.8) is 0 Å². The Labute approximate surface area is 168 Å². The van der Waals surface area contributed by atoms with E-state index in [2.05, 4.69) is 28.8 Å². The number of nitrogens with one attached hydrogen (secondary N) is 2. The molecule has 2 aromatic rings. The van der Waals surface area contributed by atoms with Gasteiger partial charge in [0.1, 0.15) is 0 Å². The number of anilines is 1. The molecule has 2 aromatic carbocycles. The lowest BCUT2D eigenvalue weighted by Gasteiger charge is -2.10. The van der Waals surface area contributed by atoms with Crippen LogP contribution in [-0.2, 0) is 17.6 Å². The third kappa shape index (κ3) is 7.24. The number of benzene rings is 2. The van der Waals surface area contributed by atoms with E-state index in [9.17, 15) is 4.79 Å². The van der Waals surface area contributed by atoms with E-state index in [0.717, 1.165) is 56.0 Å². The number of methoxy groups -OCH3 is 2. The zero-order chi connectivity index (χ0) is 20.2. The molecule has 2 rings (SSSR count). The molecule has 0 fully saturated rings. The Balaban J connectivity index is 1.60. The van der Waals surface area contributed by atoms with Crippen molar-refractivity contribution in [1.82, 2.24) is 5.32 Å². The van der Waals surface area contributed by atoms with Crippen LogP contribution < -0.4 is 20.1 Å². The van der Waals surface area contributed by atoms with Gasteiger partial charge in [0, 0.05) is 12.1 Å². The second-order valence-corrected chi connectivity index (χ2v) is 6.75. The van der Waals surface area contributed by atoms with Gasteiger partial charge >= 0.3 is 0 Å². The molecule has 0 bridgehead atoms. The molecule has 0 radical (unpaired) electrons. The Hall–Kier alpha value is -2.53. The van der Waals surface area contributed by atoms with Gasteiger partial charge in [-0.05, 0) is 74.2 Å². The Kier molecular flexibility index (Phi) is 9.35. The van der Waals surface area contributed by atoms with Crippen LogP contribution in [0.2, 0.25) is 0 Å². The maximum atomic E-state index is 11.4. The van der Waals surface area contributed by atoms with Gasteiger partial charge in [0.05, 0.1) is 14.2 Å². The molecule has 152 valence electrons. The van der Waals surface area contributed by atoms with Crippen LogP contribution in [0.1, 0.15) is 37.3 Å². The van der Waals surface area contributed by atoms with Crippen LogP contribution >= 0.6 is 0 Å². The minimum atomic E-state index is 0.0463.